The monoisotopic (exact) mass is 1060 g/mol. The van der Waals surface area contributed by atoms with Gasteiger partial charge in [0.1, 0.15) is 0 Å². The van der Waals surface area contributed by atoms with Crippen LogP contribution in [0.4, 0.5) is 0 Å². The predicted octanol–water partition coefficient (Wildman–Crippen LogP) is 20.0. The summed E-state index contributed by atoms with van der Waals surface area (Å²) in [6.45, 7) is 0. The topological polar surface area (TPSA) is 48.5 Å². The van der Waals surface area contributed by atoms with Crippen molar-refractivity contribution in [2.45, 2.75) is 31.1 Å². The number of aromatic nitrogens is 5. The number of benzene rings is 12. The SMILES string of the molecule is c1ccc(-c2cc(-c3ccccc3)cc(-c3nc(-c4ccc5ccc(-c6cc7c8c9c6c6ccccc6n9-c6ccccc6-c6cccc(c6-8)C76CCCC6)cc5c4)nc(-c4ccc5c6ccccc6n(-c6ccccc6)c5c4)n3)c2)cc1. The Kier molecular flexibility index (Phi) is 9.90. The normalized spacial score (nSPS) is 13.7. The Morgan fingerprint density at radius 1 is 0.313 bits per heavy atom. The lowest BCUT2D eigenvalue weighted by Gasteiger charge is -2.28. The van der Waals surface area contributed by atoms with Crippen molar-refractivity contribution in [2.24, 2.45) is 0 Å². The maximum Gasteiger partial charge on any atom is 0.164 e. The van der Waals surface area contributed by atoms with Gasteiger partial charge in [0, 0.05) is 60.5 Å². The Morgan fingerprint density at radius 3 is 1.60 bits per heavy atom. The Bertz CT molecular complexity index is 5140. The van der Waals surface area contributed by atoms with E-state index in [1.807, 2.05) is 0 Å². The Balaban J connectivity index is 0.860. The van der Waals surface area contributed by atoms with E-state index in [2.05, 4.69) is 270 Å². The third-order valence-corrected chi connectivity index (χ3v) is 18.6. The molecule has 18 rings (SSSR count). The van der Waals surface area contributed by atoms with Crippen molar-refractivity contribution in [3.63, 3.8) is 0 Å². The van der Waals surface area contributed by atoms with Gasteiger partial charge < -0.3 is 9.13 Å². The van der Waals surface area contributed by atoms with Crippen LogP contribution in [-0.4, -0.2) is 24.1 Å². The van der Waals surface area contributed by atoms with Gasteiger partial charge in [-0.3, -0.25) is 0 Å². The van der Waals surface area contributed by atoms with Crippen molar-refractivity contribution in [1.29, 1.82) is 0 Å². The number of rotatable bonds is 7. The van der Waals surface area contributed by atoms with E-state index in [1.165, 1.54) is 95.6 Å². The molecule has 1 saturated carbocycles. The number of nitrogens with zero attached hydrogens (tertiary/aromatic N) is 5. The van der Waals surface area contributed by atoms with Crippen LogP contribution < -0.4 is 0 Å². The van der Waals surface area contributed by atoms with Crippen LogP contribution in [0.2, 0.25) is 0 Å². The van der Waals surface area contributed by atoms with Gasteiger partial charge in [-0.15, -0.1) is 0 Å². The van der Waals surface area contributed by atoms with Gasteiger partial charge in [0.15, 0.2) is 17.5 Å². The molecule has 0 saturated heterocycles. The zero-order valence-electron chi connectivity index (χ0n) is 45.4. The molecule has 1 aliphatic heterocycles. The third kappa shape index (κ3) is 6.85. The molecule has 0 N–H and O–H groups in total. The Morgan fingerprint density at radius 2 is 0.867 bits per heavy atom. The summed E-state index contributed by atoms with van der Waals surface area (Å²) >= 11 is 0. The molecule has 12 aromatic carbocycles. The first kappa shape index (κ1) is 46.3. The van der Waals surface area contributed by atoms with Crippen molar-refractivity contribution < 1.29 is 0 Å². The molecule has 83 heavy (non-hydrogen) atoms. The van der Waals surface area contributed by atoms with Crippen LogP contribution in [0.1, 0.15) is 36.8 Å². The molecule has 2 aliphatic carbocycles. The van der Waals surface area contributed by atoms with Crippen LogP contribution in [0, 0.1) is 0 Å². The van der Waals surface area contributed by atoms with Crippen molar-refractivity contribution in [3.8, 4) is 101 Å². The molecule has 0 unspecified atom stereocenters. The van der Waals surface area contributed by atoms with Crippen LogP contribution in [0.15, 0.2) is 261 Å². The Labute approximate surface area is 480 Å². The molecule has 5 nitrogen and oxygen atoms in total. The minimum Gasteiger partial charge on any atom is -0.309 e. The average molecular weight is 1060 g/mol. The van der Waals surface area contributed by atoms with E-state index in [9.17, 15) is 0 Å². The Hall–Kier alpha value is -10.5. The van der Waals surface area contributed by atoms with Crippen LogP contribution in [0.5, 0.6) is 0 Å². The second-order valence-electron chi connectivity index (χ2n) is 23.0. The van der Waals surface area contributed by atoms with E-state index in [-0.39, 0.29) is 5.41 Å². The second-order valence-corrected chi connectivity index (χ2v) is 23.0. The molecular weight excluding hydrogens is 1010 g/mol. The summed E-state index contributed by atoms with van der Waals surface area (Å²) in [7, 11) is 0. The lowest BCUT2D eigenvalue weighted by atomic mass is 9.75. The fourth-order valence-corrected chi connectivity index (χ4v) is 14.9. The standard InChI is InChI=1S/C78H51N5/c1-4-19-48(20-5-1)55-43-56(49-21-6-2-7-22-49)45-57(44-55)77-80-75(79-76(81-77)53-37-38-61-59-25-10-13-30-67(59)82(70(61)46-53)58-23-8-3-9-24-58)52-36-34-50-33-35-51(41-54(50)42-52)64-47-66-73-72-62(28-18-29-65(72)78(66)39-16-17-40-78)60-26-11-14-31-68(60)83-69-32-15-12-27-63(69)71(64)74(73)83/h1-15,18-38,41-47H,16-17,39-40H2. The van der Waals surface area contributed by atoms with E-state index in [0.717, 1.165) is 79.3 Å². The molecule has 0 radical (unpaired) electrons. The van der Waals surface area contributed by atoms with Gasteiger partial charge >= 0.3 is 0 Å². The lowest BCUT2D eigenvalue weighted by Crippen LogP contribution is -2.20. The second kappa shape index (κ2) is 17.8. The van der Waals surface area contributed by atoms with Gasteiger partial charge in [-0.25, -0.2) is 15.0 Å². The number of para-hydroxylation sites is 4. The molecule has 5 heteroatoms. The summed E-state index contributed by atoms with van der Waals surface area (Å²) in [5.41, 5.74) is 25.3. The van der Waals surface area contributed by atoms with Crippen molar-refractivity contribution in [3.05, 3.63) is 272 Å². The molecule has 0 bridgehead atoms. The van der Waals surface area contributed by atoms with Gasteiger partial charge in [-0.1, -0.05) is 201 Å². The first-order chi connectivity index (χ1) is 41.1. The van der Waals surface area contributed by atoms with Gasteiger partial charge in [0.2, 0.25) is 0 Å². The number of hydrogen-bond donors (Lipinski definition) is 0. The van der Waals surface area contributed by atoms with E-state index in [0.29, 0.717) is 17.5 Å². The van der Waals surface area contributed by atoms with Gasteiger partial charge in [-0.2, -0.15) is 0 Å². The van der Waals surface area contributed by atoms with E-state index in [1.54, 1.807) is 0 Å². The summed E-state index contributed by atoms with van der Waals surface area (Å²) < 4.78 is 4.96. The smallest absolute Gasteiger partial charge is 0.164 e. The van der Waals surface area contributed by atoms with Crippen LogP contribution >= 0.6 is 0 Å². The van der Waals surface area contributed by atoms with Gasteiger partial charge in [-0.05, 0) is 152 Å². The summed E-state index contributed by atoms with van der Waals surface area (Å²) in [4.78, 5) is 16.5. The maximum atomic E-state index is 5.50. The fraction of sp³-hybridized carbons (Fsp3) is 0.0641. The maximum absolute atomic E-state index is 5.50. The predicted molar refractivity (Wildman–Crippen MR) is 342 cm³/mol. The van der Waals surface area contributed by atoms with Crippen LogP contribution in [-0.2, 0) is 5.41 Å². The highest BCUT2D eigenvalue weighted by atomic mass is 15.0. The number of hydrogen-bond acceptors (Lipinski definition) is 3. The van der Waals surface area contributed by atoms with Crippen molar-refractivity contribution in [1.82, 2.24) is 24.1 Å². The van der Waals surface area contributed by atoms with Gasteiger partial charge in [0.25, 0.3) is 0 Å². The first-order valence-electron chi connectivity index (χ1n) is 29.1. The summed E-state index contributed by atoms with van der Waals surface area (Å²) in [5.74, 6) is 1.83. The van der Waals surface area contributed by atoms with Crippen LogP contribution in [0.3, 0.4) is 0 Å². The minimum absolute atomic E-state index is 0.0274. The largest absolute Gasteiger partial charge is 0.309 e. The molecule has 3 aliphatic rings. The van der Waals surface area contributed by atoms with E-state index >= 15 is 0 Å². The summed E-state index contributed by atoms with van der Waals surface area (Å²) in [6, 6.07) is 95.7. The van der Waals surface area contributed by atoms with Gasteiger partial charge in [0.05, 0.1) is 27.8 Å². The fourth-order valence-electron chi connectivity index (χ4n) is 14.9. The quantitative estimate of drug-likeness (QED) is 0.160. The minimum atomic E-state index is -0.0274. The summed E-state index contributed by atoms with van der Waals surface area (Å²) in [6.07, 6.45) is 4.78. The zero-order chi connectivity index (χ0) is 54.3. The highest BCUT2D eigenvalue weighted by molar-refractivity contribution is 6.23. The lowest BCUT2D eigenvalue weighted by molar-refractivity contribution is 0.550. The highest BCUT2D eigenvalue weighted by Gasteiger charge is 2.48. The number of fused-ring (bicyclic) bond motifs is 12. The molecule has 0 amide bonds. The molecule has 4 heterocycles. The van der Waals surface area contributed by atoms with Crippen molar-refractivity contribution in [2.75, 3.05) is 0 Å². The van der Waals surface area contributed by atoms with E-state index < -0.39 is 0 Å². The summed E-state index contributed by atoms with van der Waals surface area (Å²) in [5, 5.41) is 7.24. The molecular formula is C78H51N5. The zero-order valence-corrected chi connectivity index (χ0v) is 45.4. The first-order valence-corrected chi connectivity index (χ1v) is 29.1. The molecule has 0 atom stereocenters. The molecule has 1 spiro atoms. The average Bonchev–Trinajstić information content (AvgIpc) is 1.67. The van der Waals surface area contributed by atoms with E-state index in [4.69, 9.17) is 15.0 Å². The van der Waals surface area contributed by atoms with Crippen molar-refractivity contribution >= 4 is 54.4 Å². The molecule has 1 fully saturated rings. The molecule has 388 valence electrons. The molecule has 15 aromatic rings. The highest BCUT2D eigenvalue weighted by Crippen LogP contribution is 2.64. The van der Waals surface area contributed by atoms with Crippen LogP contribution in [0.25, 0.3) is 156 Å². The molecule has 3 aromatic heterocycles. The third-order valence-electron chi connectivity index (χ3n) is 18.6.